The zero-order valence-corrected chi connectivity index (χ0v) is 9.95. The zero-order valence-electron chi connectivity index (χ0n) is 9.13. The molecule has 92 valence electrons. The fourth-order valence-corrected chi connectivity index (χ4v) is 4.38. The summed E-state index contributed by atoms with van der Waals surface area (Å²) in [7, 11) is -3.14. The lowest BCUT2D eigenvalue weighted by Crippen LogP contribution is -2.72. The van der Waals surface area contributed by atoms with Crippen LogP contribution in [-0.4, -0.2) is 38.5 Å². The number of hydrogen-bond acceptors (Lipinski definition) is 4. The third kappa shape index (κ3) is 1.68. The standard InChI is InChI=1S/C10H18N2O3S/c11-8-7-2-1-5-15-10(7)9(8)12-16(13,14)6-3-4-6/h6-10,12H,1-5,11H2. The number of hydrogen-bond donors (Lipinski definition) is 2. The van der Waals surface area contributed by atoms with Gasteiger partial charge in [0, 0.05) is 18.6 Å². The Balaban J connectivity index is 1.67. The van der Waals surface area contributed by atoms with Crippen LogP contribution in [0.15, 0.2) is 0 Å². The minimum absolute atomic E-state index is 0.0114. The second-order valence-electron chi connectivity index (χ2n) is 5.11. The average molecular weight is 246 g/mol. The maximum Gasteiger partial charge on any atom is 0.214 e. The molecule has 2 saturated carbocycles. The zero-order chi connectivity index (χ0) is 11.3. The number of nitrogens with one attached hydrogen (secondary N) is 1. The van der Waals surface area contributed by atoms with Gasteiger partial charge in [0.25, 0.3) is 0 Å². The molecule has 3 rings (SSSR count). The second kappa shape index (κ2) is 3.66. The lowest BCUT2D eigenvalue weighted by Gasteiger charge is -2.52. The van der Waals surface area contributed by atoms with E-state index in [-0.39, 0.29) is 23.4 Å². The van der Waals surface area contributed by atoms with Crippen LogP contribution >= 0.6 is 0 Å². The first kappa shape index (κ1) is 11.0. The van der Waals surface area contributed by atoms with Crippen molar-refractivity contribution < 1.29 is 13.2 Å². The Morgan fingerprint density at radius 1 is 1.25 bits per heavy atom. The van der Waals surface area contributed by atoms with Crippen molar-refractivity contribution in [1.29, 1.82) is 0 Å². The summed E-state index contributed by atoms with van der Waals surface area (Å²) in [5, 5.41) is -0.178. The number of sulfonamides is 1. The van der Waals surface area contributed by atoms with Gasteiger partial charge in [-0.15, -0.1) is 0 Å². The van der Waals surface area contributed by atoms with Gasteiger partial charge in [-0.1, -0.05) is 0 Å². The molecule has 2 aliphatic carbocycles. The van der Waals surface area contributed by atoms with Gasteiger partial charge >= 0.3 is 0 Å². The molecule has 5 nitrogen and oxygen atoms in total. The van der Waals surface area contributed by atoms with Crippen LogP contribution in [0.2, 0.25) is 0 Å². The van der Waals surface area contributed by atoms with Gasteiger partial charge in [0.1, 0.15) is 0 Å². The summed E-state index contributed by atoms with van der Waals surface area (Å²) in [5.41, 5.74) is 6.00. The van der Waals surface area contributed by atoms with Gasteiger partial charge in [0.15, 0.2) is 0 Å². The van der Waals surface area contributed by atoms with Gasteiger partial charge in [-0.3, -0.25) is 0 Å². The molecule has 6 heteroatoms. The van der Waals surface area contributed by atoms with Crippen molar-refractivity contribution in [2.24, 2.45) is 11.7 Å². The molecule has 0 bridgehead atoms. The Labute approximate surface area is 95.8 Å². The molecule has 1 saturated heterocycles. The topological polar surface area (TPSA) is 81.4 Å². The Morgan fingerprint density at radius 2 is 2.00 bits per heavy atom. The first-order valence-corrected chi connectivity index (χ1v) is 7.52. The van der Waals surface area contributed by atoms with Crippen molar-refractivity contribution in [2.45, 2.75) is 49.1 Å². The van der Waals surface area contributed by atoms with Gasteiger partial charge in [-0.05, 0) is 25.7 Å². The highest BCUT2D eigenvalue weighted by atomic mass is 32.2. The van der Waals surface area contributed by atoms with E-state index >= 15 is 0 Å². The Kier molecular flexibility index (Phi) is 2.51. The van der Waals surface area contributed by atoms with E-state index in [0.717, 1.165) is 32.3 Å². The first-order valence-electron chi connectivity index (χ1n) is 5.98. The van der Waals surface area contributed by atoms with Crippen LogP contribution < -0.4 is 10.5 Å². The summed E-state index contributed by atoms with van der Waals surface area (Å²) >= 11 is 0. The van der Waals surface area contributed by atoms with Gasteiger partial charge in [0.05, 0.1) is 17.4 Å². The fourth-order valence-electron chi connectivity index (χ4n) is 2.76. The summed E-state index contributed by atoms with van der Waals surface area (Å²) in [6.45, 7) is 0.732. The van der Waals surface area contributed by atoms with Crippen LogP contribution in [-0.2, 0) is 14.8 Å². The molecule has 3 aliphatic rings. The number of ether oxygens (including phenoxy) is 1. The molecular weight excluding hydrogens is 228 g/mol. The van der Waals surface area contributed by atoms with Crippen LogP contribution in [0.5, 0.6) is 0 Å². The maximum atomic E-state index is 11.8. The summed E-state index contributed by atoms with van der Waals surface area (Å²) in [6.07, 6.45) is 3.68. The number of rotatable bonds is 3. The SMILES string of the molecule is NC1C2CCCOC2C1NS(=O)(=O)C1CC1. The van der Waals surface area contributed by atoms with Crippen molar-refractivity contribution in [1.82, 2.24) is 4.72 Å². The molecule has 0 spiro atoms. The van der Waals surface area contributed by atoms with E-state index in [1.54, 1.807) is 0 Å². The predicted octanol–water partition coefficient (Wildman–Crippen LogP) is -0.427. The lowest BCUT2D eigenvalue weighted by atomic mass is 9.69. The third-order valence-corrected chi connectivity index (χ3v) is 5.89. The van der Waals surface area contributed by atoms with E-state index in [1.807, 2.05) is 0 Å². The predicted molar refractivity (Wildman–Crippen MR) is 59.3 cm³/mol. The lowest BCUT2D eigenvalue weighted by molar-refractivity contribution is -0.114. The summed E-state index contributed by atoms with van der Waals surface area (Å²) < 4.78 is 31.9. The normalized spacial score (nSPS) is 43.6. The molecule has 0 amide bonds. The molecule has 0 radical (unpaired) electrons. The minimum Gasteiger partial charge on any atom is -0.376 e. The van der Waals surface area contributed by atoms with Crippen LogP contribution in [0, 0.1) is 5.92 Å². The van der Waals surface area contributed by atoms with Crippen molar-refractivity contribution in [2.75, 3.05) is 6.61 Å². The molecule has 3 fully saturated rings. The molecule has 0 aromatic rings. The monoisotopic (exact) mass is 246 g/mol. The maximum absolute atomic E-state index is 11.8. The molecule has 0 aromatic heterocycles. The first-order chi connectivity index (χ1) is 7.59. The highest BCUT2D eigenvalue weighted by molar-refractivity contribution is 7.90. The van der Waals surface area contributed by atoms with E-state index in [4.69, 9.17) is 10.5 Å². The van der Waals surface area contributed by atoms with Crippen molar-refractivity contribution in [3.63, 3.8) is 0 Å². The largest absolute Gasteiger partial charge is 0.376 e. The average Bonchev–Trinajstić information content (AvgIpc) is 3.09. The van der Waals surface area contributed by atoms with Gasteiger partial charge in [0.2, 0.25) is 10.0 Å². The van der Waals surface area contributed by atoms with Crippen LogP contribution in [0.4, 0.5) is 0 Å². The van der Waals surface area contributed by atoms with Crippen LogP contribution in [0.3, 0.4) is 0 Å². The Bertz CT molecular complexity index is 380. The Hall–Kier alpha value is -0.170. The van der Waals surface area contributed by atoms with E-state index in [9.17, 15) is 8.42 Å². The summed E-state index contributed by atoms with van der Waals surface area (Å²) in [4.78, 5) is 0. The quantitative estimate of drug-likeness (QED) is 0.708. The summed E-state index contributed by atoms with van der Waals surface area (Å²) in [5.74, 6) is 0.348. The van der Waals surface area contributed by atoms with Gasteiger partial charge < -0.3 is 10.5 Å². The third-order valence-electron chi connectivity index (χ3n) is 3.94. The fraction of sp³-hybridized carbons (Fsp3) is 1.00. The number of fused-ring (bicyclic) bond motifs is 1. The molecular formula is C10H18N2O3S. The van der Waals surface area contributed by atoms with Gasteiger partial charge in [-0.25, -0.2) is 13.1 Å². The van der Waals surface area contributed by atoms with Crippen LogP contribution in [0.1, 0.15) is 25.7 Å². The smallest absolute Gasteiger partial charge is 0.214 e. The highest BCUT2D eigenvalue weighted by Gasteiger charge is 2.53. The van der Waals surface area contributed by atoms with Crippen molar-refractivity contribution >= 4 is 10.0 Å². The molecule has 1 aliphatic heterocycles. The molecule has 1 heterocycles. The van der Waals surface area contributed by atoms with E-state index in [0.29, 0.717) is 5.92 Å². The van der Waals surface area contributed by atoms with E-state index < -0.39 is 10.0 Å². The molecule has 0 aromatic carbocycles. The Morgan fingerprint density at radius 3 is 2.69 bits per heavy atom. The molecule has 3 N–H and O–H groups in total. The summed E-state index contributed by atoms with van der Waals surface area (Å²) in [6, 6.07) is -0.269. The second-order valence-corrected chi connectivity index (χ2v) is 7.10. The van der Waals surface area contributed by atoms with Gasteiger partial charge in [-0.2, -0.15) is 0 Å². The molecule has 4 unspecified atom stereocenters. The van der Waals surface area contributed by atoms with Crippen molar-refractivity contribution in [3.8, 4) is 0 Å². The highest BCUT2D eigenvalue weighted by Crippen LogP contribution is 2.38. The van der Waals surface area contributed by atoms with E-state index in [1.165, 1.54) is 0 Å². The minimum atomic E-state index is -3.14. The number of nitrogens with two attached hydrogens (primary N) is 1. The van der Waals surface area contributed by atoms with E-state index in [2.05, 4.69) is 4.72 Å². The van der Waals surface area contributed by atoms with Crippen LogP contribution in [0.25, 0.3) is 0 Å². The molecule has 4 atom stereocenters. The molecule has 16 heavy (non-hydrogen) atoms. The van der Waals surface area contributed by atoms with Crippen molar-refractivity contribution in [3.05, 3.63) is 0 Å².